The second kappa shape index (κ2) is 8.49. The summed E-state index contributed by atoms with van der Waals surface area (Å²) in [6, 6.07) is 9.25. The van der Waals surface area contributed by atoms with Crippen LogP contribution in [0.15, 0.2) is 30.3 Å². The summed E-state index contributed by atoms with van der Waals surface area (Å²) in [6.07, 6.45) is 4.97. The van der Waals surface area contributed by atoms with E-state index in [0.717, 1.165) is 37.8 Å². The maximum Gasteiger partial charge on any atom is 0.322 e. The number of anilines is 1. The van der Waals surface area contributed by atoms with Crippen molar-refractivity contribution in [2.45, 2.75) is 37.9 Å². The Morgan fingerprint density at radius 3 is 2.43 bits per heavy atom. The maximum atomic E-state index is 12.9. The normalized spacial score (nSPS) is 26.3. The molecule has 1 unspecified atom stereocenters. The molecule has 0 aromatic heterocycles. The van der Waals surface area contributed by atoms with Crippen molar-refractivity contribution in [2.24, 2.45) is 5.92 Å². The number of morpholine rings is 1. The van der Waals surface area contributed by atoms with Crippen LogP contribution in [0.25, 0.3) is 0 Å². The number of hydrogen-bond acceptors (Lipinski definition) is 4. The highest BCUT2D eigenvalue weighted by Crippen LogP contribution is 2.30. The van der Waals surface area contributed by atoms with Gasteiger partial charge >= 0.3 is 6.03 Å². The van der Waals surface area contributed by atoms with Gasteiger partial charge in [-0.3, -0.25) is 4.79 Å². The van der Waals surface area contributed by atoms with Gasteiger partial charge in [0.2, 0.25) is 11.7 Å². The third kappa shape index (κ3) is 4.31. The van der Waals surface area contributed by atoms with E-state index in [1.807, 2.05) is 35.2 Å². The Hall–Kier alpha value is -2.12. The third-order valence-corrected chi connectivity index (χ3v) is 5.86. The average molecular weight is 387 g/mol. The van der Waals surface area contributed by atoms with Crippen LogP contribution in [-0.2, 0) is 14.3 Å². The molecule has 3 fully saturated rings. The van der Waals surface area contributed by atoms with Gasteiger partial charge in [0.25, 0.3) is 0 Å². The Morgan fingerprint density at radius 1 is 0.929 bits per heavy atom. The van der Waals surface area contributed by atoms with Crippen molar-refractivity contribution in [1.29, 1.82) is 0 Å². The summed E-state index contributed by atoms with van der Waals surface area (Å²) >= 11 is 0. The fourth-order valence-corrected chi connectivity index (χ4v) is 4.39. The molecule has 2 heterocycles. The lowest BCUT2D eigenvalue weighted by Gasteiger charge is -2.43. The first-order valence-electron chi connectivity index (χ1n) is 10.3. The van der Waals surface area contributed by atoms with Crippen molar-refractivity contribution in [1.82, 2.24) is 9.80 Å². The molecule has 1 aromatic rings. The second-order valence-corrected chi connectivity index (χ2v) is 7.92. The molecule has 2 aliphatic heterocycles. The fourth-order valence-electron chi connectivity index (χ4n) is 4.39. The number of urea groups is 1. The zero-order chi connectivity index (χ0) is 19.4. The van der Waals surface area contributed by atoms with Crippen molar-refractivity contribution >= 4 is 17.6 Å². The van der Waals surface area contributed by atoms with Crippen LogP contribution < -0.4 is 5.32 Å². The van der Waals surface area contributed by atoms with Crippen molar-refractivity contribution in [3.05, 3.63) is 30.3 Å². The number of ether oxygens (including phenoxy) is 2. The van der Waals surface area contributed by atoms with E-state index < -0.39 is 5.79 Å². The number of nitrogens with zero attached hydrogens (tertiary/aromatic N) is 2. The lowest BCUT2D eigenvalue weighted by molar-refractivity contribution is -0.262. The van der Waals surface area contributed by atoms with E-state index in [1.54, 1.807) is 4.90 Å². The minimum atomic E-state index is -0.933. The highest BCUT2D eigenvalue weighted by molar-refractivity contribution is 5.89. The molecule has 7 nitrogen and oxygen atoms in total. The average Bonchev–Trinajstić information content (AvgIpc) is 3.18. The van der Waals surface area contributed by atoms with Gasteiger partial charge in [-0.25, -0.2) is 4.79 Å². The number of para-hydroxylation sites is 1. The van der Waals surface area contributed by atoms with Gasteiger partial charge in [-0.1, -0.05) is 31.0 Å². The number of amides is 3. The molecule has 1 aliphatic carbocycles. The van der Waals surface area contributed by atoms with Crippen molar-refractivity contribution < 1.29 is 19.1 Å². The number of nitrogens with one attached hydrogen (secondary N) is 1. The monoisotopic (exact) mass is 387 g/mol. The first-order chi connectivity index (χ1) is 13.7. The highest BCUT2D eigenvalue weighted by Gasteiger charge is 2.44. The first-order valence-corrected chi connectivity index (χ1v) is 10.3. The van der Waals surface area contributed by atoms with E-state index >= 15 is 0 Å². The van der Waals surface area contributed by atoms with Gasteiger partial charge in [0, 0.05) is 24.7 Å². The third-order valence-electron chi connectivity index (χ3n) is 5.86. The van der Waals surface area contributed by atoms with Crippen LogP contribution in [0.4, 0.5) is 10.5 Å². The van der Waals surface area contributed by atoms with Crippen LogP contribution in [0.3, 0.4) is 0 Å². The van der Waals surface area contributed by atoms with Gasteiger partial charge in [0.15, 0.2) is 0 Å². The first kappa shape index (κ1) is 19.2. The number of rotatable bonds is 2. The minimum Gasteiger partial charge on any atom is -0.347 e. The van der Waals surface area contributed by atoms with E-state index in [4.69, 9.17) is 9.47 Å². The lowest BCUT2D eigenvalue weighted by atomic mass is 10.1. The highest BCUT2D eigenvalue weighted by atomic mass is 16.7. The Bertz CT molecular complexity index is 692. The molecule has 1 saturated carbocycles. The predicted molar refractivity (Wildman–Crippen MR) is 105 cm³/mol. The molecule has 3 amide bonds. The van der Waals surface area contributed by atoms with Gasteiger partial charge in [-0.2, -0.15) is 0 Å². The van der Waals surface area contributed by atoms with E-state index in [9.17, 15) is 9.59 Å². The van der Waals surface area contributed by atoms with E-state index in [1.165, 1.54) is 0 Å². The number of carbonyl (C=O) groups is 2. The molecule has 1 atom stereocenters. The minimum absolute atomic E-state index is 0.137. The SMILES string of the molecule is O=C(Nc1ccccc1)N1CCCOC2(C1)CN(C(=O)C1CCCC1)CCO2. The molecular weight excluding hydrogens is 358 g/mol. The quantitative estimate of drug-likeness (QED) is 0.847. The largest absolute Gasteiger partial charge is 0.347 e. The summed E-state index contributed by atoms with van der Waals surface area (Å²) in [6.45, 7) is 2.85. The fraction of sp³-hybridized carbons (Fsp3) is 0.619. The zero-order valence-electron chi connectivity index (χ0n) is 16.3. The Morgan fingerprint density at radius 2 is 1.64 bits per heavy atom. The smallest absolute Gasteiger partial charge is 0.322 e. The molecule has 28 heavy (non-hydrogen) atoms. The van der Waals surface area contributed by atoms with Crippen LogP contribution in [0.1, 0.15) is 32.1 Å². The Labute approximate surface area is 166 Å². The molecule has 1 spiro atoms. The van der Waals surface area contributed by atoms with Crippen LogP contribution in [0.5, 0.6) is 0 Å². The van der Waals surface area contributed by atoms with Crippen LogP contribution in [0, 0.1) is 5.92 Å². The molecule has 7 heteroatoms. The summed E-state index contributed by atoms with van der Waals surface area (Å²) in [4.78, 5) is 29.3. The summed E-state index contributed by atoms with van der Waals surface area (Å²) in [5.41, 5.74) is 0.759. The molecule has 0 bridgehead atoms. The Balaban J connectivity index is 1.43. The maximum absolute atomic E-state index is 12.9. The summed E-state index contributed by atoms with van der Waals surface area (Å²) < 4.78 is 12.1. The molecule has 2 saturated heterocycles. The van der Waals surface area contributed by atoms with Gasteiger partial charge in [-0.05, 0) is 31.4 Å². The van der Waals surface area contributed by atoms with Crippen LogP contribution in [-0.4, -0.2) is 66.9 Å². The molecular formula is C21H29N3O4. The molecule has 4 rings (SSSR count). The van der Waals surface area contributed by atoms with Gasteiger partial charge < -0.3 is 24.6 Å². The number of carbonyl (C=O) groups excluding carboxylic acids is 2. The molecule has 152 valence electrons. The Kier molecular flexibility index (Phi) is 5.82. The van der Waals surface area contributed by atoms with E-state index in [0.29, 0.717) is 39.4 Å². The van der Waals surface area contributed by atoms with Crippen LogP contribution in [0.2, 0.25) is 0 Å². The second-order valence-electron chi connectivity index (χ2n) is 7.92. The van der Waals surface area contributed by atoms with Crippen LogP contribution >= 0.6 is 0 Å². The van der Waals surface area contributed by atoms with Crippen molar-refractivity contribution in [3.63, 3.8) is 0 Å². The molecule has 1 N–H and O–H groups in total. The van der Waals surface area contributed by atoms with E-state index in [-0.39, 0.29) is 17.9 Å². The number of hydrogen-bond donors (Lipinski definition) is 1. The summed E-state index contributed by atoms with van der Waals surface area (Å²) in [7, 11) is 0. The van der Waals surface area contributed by atoms with Crippen molar-refractivity contribution in [2.75, 3.05) is 44.7 Å². The predicted octanol–water partition coefficient (Wildman–Crippen LogP) is 2.69. The molecule has 0 radical (unpaired) electrons. The zero-order valence-corrected chi connectivity index (χ0v) is 16.3. The molecule has 3 aliphatic rings. The molecule has 1 aromatic carbocycles. The van der Waals surface area contributed by atoms with E-state index in [2.05, 4.69) is 5.32 Å². The van der Waals surface area contributed by atoms with Gasteiger partial charge in [-0.15, -0.1) is 0 Å². The van der Waals surface area contributed by atoms with Crippen molar-refractivity contribution in [3.8, 4) is 0 Å². The van der Waals surface area contributed by atoms with Gasteiger partial charge in [0.05, 0.1) is 26.3 Å². The lowest BCUT2D eigenvalue weighted by Crippen LogP contribution is -2.60. The number of benzene rings is 1. The topological polar surface area (TPSA) is 71.1 Å². The standard InChI is InChI=1S/C21H29N3O4/c25-19(17-7-4-5-8-17)23-12-14-28-21(15-23)16-24(11-6-13-27-21)20(26)22-18-9-2-1-3-10-18/h1-3,9-10,17H,4-8,11-16H2,(H,22,26). The van der Waals surface area contributed by atoms with Gasteiger partial charge in [0.1, 0.15) is 0 Å². The summed E-state index contributed by atoms with van der Waals surface area (Å²) in [5, 5.41) is 2.94. The summed E-state index contributed by atoms with van der Waals surface area (Å²) in [5.74, 6) is -0.580.